The lowest BCUT2D eigenvalue weighted by Crippen LogP contribution is -2.09. The number of hydrogen-bond donors (Lipinski definition) is 1. The van der Waals surface area contributed by atoms with Gasteiger partial charge in [0.1, 0.15) is 0 Å². The average Bonchev–Trinajstić information content (AvgIpc) is 2.42. The van der Waals surface area contributed by atoms with Gasteiger partial charge in [0.05, 0.1) is 6.61 Å². The van der Waals surface area contributed by atoms with Crippen molar-refractivity contribution < 1.29 is 13.9 Å². The standard InChI is InChI=1S/C15H13ClF2O/c16-13-6-4-10(5-7-13)12(9-19)8-11-2-1-3-14(17)15(11)18/h1-7,12,19H,8-9H2. The highest BCUT2D eigenvalue weighted by molar-refractivity contribution is 6.30. The Hall–Kier alpha value is -1.45. The lowest BCUT2D eigenvalue weighted by molar-refractivity contribution is 0.263. The first-order valence-electron chi connectivity index (χ1n) is 5.91. The van der Waals surface area contributed by atoms with Gasteiger partial charge in [-0.1, -0.05) is 35.9 Å². The molecule has 0 saturated heterocycles. The van der Waals surface area contributed by atoms with Crippen LogP contribution in [0.25, 0.3) is 0 Å². The number of aliphatic hydroxyl groups is 1. The van der Waals surface area contributed by atoms with E-state index >= 15 is 0 Å². The Balaban J connectivity index is 2.24. The van der Waals surface area contributed by atoms with Crippen molar-refractivity contribution in [3.63, 3.8) is 0 Å². The second-order valence-electron chi connectivity index (χ2n) is 4.35. The average molecular weight is 283 g/mol. The molecule has 19 heavy (non-hydrogen) atoms. The third-order valence-electron chi connectivity index (χ3n) is 3.06. The summed E-state index contributed by atoms with van der Waals surface area (Å²) in [6, 6.07) is 11.0. The molecule has 2 aromatic rings. The van der Waals surface area contributed by atoms with Crippen molar-refractivity contribution in [1.82, 2.24) is 0 Å². The van der Waals surface area contributed by atoms with Crippen molar-refractivity contribution in [2.75, 3.05) is 6.61 Å². The van der Waals surface area contributed by atoms with Gasteiger partial charge >= 0.3 is 0 Å². The molecule has 2 rings (SSSR count). The molecule has 1 atom stereocenters. The molecule has 1 nitrogen and oxygen atoms in total. The van der Waals surface area contributed by atoms with Crippen LogP contribution in [0.1, 0.15) is 17.0 Å². The number of halogens is 3. The second-order valence-corrected chi connectivity index (χ2v) is 4.78. The van der Waals surface area contributed by atoms with Crippen LogP contribution in [-0.4, -0.2) is 11.7 Å². The van der Waals surface area contributed by atoms with Crippen LogP contribution in [0.3, 0.4) is 0 Å². The van der Waals surface area contributed by atoms with E-state index in [-0.39, 0.29) is 24.5 Å². The Morgan fingerprint density at radius 3 is 2.37 bits per heavy atom. The summed E-state index contributed by atoms with van der Waals surface area (Å²) in [7, 11) is 0. The SMILES string of the molecule is OCC(Cc1cccc(F)c1F)c1ccc(Cl)cc1. The van der Waals surface area contributed by atoms with E-state index < -0.39 is 11.6 Å². The van der Waals surface area contributed by atoms with Crippen LogP contribution < -0.4 is 0 Å². The maximum atomic E-state index is 13.6. The van der Waals surface area contributed by atoms with Crippen molar-refractivity contribution in [1.29, 1.82) is 0 Å². The van der Waals surface area contributed by atoms with E-state index in [0.717, 1.165) is 11.6 Å². The van der Waals surface area contributed by atoms with Crippen molar-refractivity contribution in [3.05, 3.63) is 70.2 Å². The zero-order valence-electron chi connectivity index (χ0n) is 10.1. The number of benzene rings is 2. The topological polar surface area (TPSA) is 20.2 Å². The van der Waals surface area contributed by atoms with Crippen LogP contribution in [0.5, 0.6) is 0 Å². The van der Waals surface area contributed by atoms with E-state index in [1.807, 2.05) is 0 Å². The molecule has 0 bridgehead atoms. The Labute approximate surface area is 115 Å². The van der Waals surface area contributed by atoms with Gasteiger partial charge in [0, 0.05) is 10.9 Å². The monoisotopic (exact) mass is 282 g/mol. The number of hydrogen-bond acceptors (Lipinski definition) is 1. The summed E-state index contributed by atoms with van der Waals surface area (Å²) in [4.78, 5) is 0. The summed E-state index contributed by atoms with van der Waals surface area (Å²) in [6.07, 6.45) is 0.238. The Morgan fingerprint density at radius 1 is 1.05 bits per heavy atom. The molecule has 0 aromatic heterocycles. The van der Waals surface area contributed by atoms with Crippen LogP contribution in [0.15, 0.2) is 42.5 Å². The Kier molecular flexibility index (Phi) is 4.51. The highest BCUT2D eigenvalue weighted by atomic mass is 35.5. The molecule has 0 fully saturated rings. The van der Waals surface area contributed by atoms with Gasteiger partial charge in [0.2, 0.25) is 0 Å². The molecule has 0 saturated carbocycles. The molecule has 0 amide bonds. The number of rotatable bonds is 4. The maximum Gasteiger partial charge on any atom is 0.162 e. The molecule has 100 valence electrons. The highest BCUT2D eigenvalue weighted by Crippen LogP contribution is 2.24. The van der Waals surface area contributed by atoms with Crippen LogP contribution in [0, 0.1) is 11.6 Å². The molecule has 4 heteroatoms. The minimum Gasteiger partial charge on any atom is -0.396 e. The van der Waals surface area contributed by atoms with Gasteiger partial charge in [-0.2, -0.15) is 0 Å². The molecule has 1 N–H and O–H groups in total. The fraction of sp³-hybridized carbons (Fsp3) is 0.200. The van der Waals surface area contributed by atoms with Crippen LogP contribution in [-0.2, 0) is 6.42 Å². The summed E-state index contributed by atoms with van der Waals surface area (Å²) in [6.45, 7) is -0.141. The molecule has 1 unspecified atom stereocenters. The normalized spacial score (nSPS) is 12.4. The third kappa shape index (κ3) is 3.31. The number of aliphatic hydroxyl groups excluding tert-OH is 1. The zero-order valence-corrected chi connectivity index (χ0v) is 10.9. The van der Waals surface area contributed by atoms with E-state index in [1.165, 1.54) is 12.1 Å². The first kappa shape index (κ1) is 14.0. The minimum absolute atomic E-state index is 0.141. The molecule has 0 heterocycles. The lowest BCUT2D eigenvalue weighted by atomic mass is 9.92. The third-order valence-corrected chi connectivity index (χ3v) is 3.31. The quantitative estimate of drug-likeness (QED) is 0.901. The lowest BCUT2D eigenvalue weighted by Gasteiger charge is -2.15. The molecule has 0 aliphatic carbocycles. The first-order chi connectivity index (χ1) is 9.11. The largest absolute Gasteiger partial charge is 0.396 e. The van der Waals surface area contributed by atoms with E-state index in [1.54, 1.807) is 24.3 Å². The van der Waals surface area contributed by atoms with E-state index in [0.29, 0.717) is 5.02 Å². The van der Waals surface area contributed by atoms with Crippen molar-refractivity contribution in [2.45, 2.75) is 12.3 Å². The van der Waals surface area contributed by atoms with Gasteiger partial charge < -0.3 is 5.11 Å². The van der Waals surface area contributed by atoms with Crippen molar-refractivity contribution >= 4 is 11.6 Å². The van der Waals surface area contributed by atoms with E-state index in [4.69, 9.17) is 11.6 Å². The Morgan fingerprint density at radius 2 is 1.74 bits per heavy atom. The predicted octanol–water partition coefficient (Wildman–Crippen LogP) is 3.94. The van der Waals surface area contributed by atoms with E-state index in [2.05, 4.69) is 0 Å². The first-order valence-corrected chi connectivity index (χ1v) is 6.29. The molecular weight excluding hydrogens is 270 g/mol. The van der Waals surface area contributed by atoms with Crippen LogP contribution in [0.2, 0.25) is 5.02 Å². The molecule has 0 aliphatic heterocycles. The molecule has 2 aromatic carbocycles. The molecule has 0 spiro atoms. The van der Waals surface area contributed by atoms with Crippen LogP contribution in [0.4, 0.5) is 8.78 Å². The molecule has 0 radical (unpaired) electrons. The van der Waals surface area contributed by atoms with Crippen molar-refractivity contribution in [2.24, 2.45) is 0 Å². The fourth-order valence-electron chi connectivity index (χ4n) is 1.99. The minimum atomic E-state index is -0.870. The Bertz CT molecular complexity index is 555. The second kappa shape index (κ2) is 6.13. The molecule has 0 aliphatic rings. The maximum absolute atomic E-state index is 13.6. The summed E-state index contributed by atoms with van der Waals surface area (Å²) in [5, 5.41) is 10.0. The van der Waals surface area contributed by atoms with Crippen LogP contribution >= 0.6 is 11.6 Å². The van der Waals surface area contributed by atoms with Gasteiger partial charge in [0.25, 0.3) is 0 Å². The van der Waals surface area contributed by atoms with Gasteiger partial charge in [-0.05, 0) is 35.7 Å². The summed E-state index contributed by atoms with van der Waals surface area (Å²) in [5.41, 5.74) is 1.10. The van der Waals surface area contributed by atoms with Gasteiger partial charge in [-0.15, -0.1) is 0 Å². The van der Waals surface area contributed by atoms with Gasteiger partial charge in [-0.25, -0.2) is 8.78 Å². The summed E-state index contributed by atoms with van der Waals surface area (Å²) < 4.78 is 26.7. The zero-order chi connectivity index (χ0) is 13.8. The van der Waals surface area contributed by atoms with Gasteiger partial charge in [0.15, 0.2) is 11.6 Å². The van der Waals surface area contributed by atoms with E-state index in [9.17, 15) is 13.9 Å². The predicted molar refractivity (Wildman–Crippen MR) is 71.3 cm³/mol. The highest BCUT2D eigenvalue weighted by Gasteiger charge is 2.15. The van der Waals surface area contributed by atoms with Crippen molar-refractivity contribution in [3.8, 4) is 0 Å². The molecular formula is C15H13ClF2O. The summed E-state index contributed by atoms with van der Waals surface area (Å²) >= 11 is 5.79. The smallest absolute Gasteiger partial charge is 0.162 e. The summed E-state index contributed by atoms with van der Waals surface area (Å²) in [5.74, 6) is -2.01. The van der Waals surface area contributed by atoms with Gasteiger partial charge in [-0.3, -0.25) is 0 Å². The fourth-order valence-corrected chi connectivity index (χ4v) is 2.12.